The molecule has 1 aliphatic rings. The molecule has 63 heavy (non-hydrogen) atoms. The Morgan fingerprint density at radius 1 is 0.381 bits per heavy atom. The standard InChI is InChI=1S/C61H58N2/c1-9-41-25-30-47(31-26-41)62(45-19-13-11-14-20-45)49-34-29-43-38-55-56(39-44(43)37-49)61(59(3,4)5,60(6,7)8)58-53-36-35-50(40-54(53)51-23-17-18-24-52(51)57(55)58)63(46-21-15-12-16-22-46)48-32-27-42(10-2)28-33-48/h11-40H,9-10H2,1-8H3. The van der Waals surface area contributed by atoms with Gasteiger partial charge in [-0.05, 0) is 174 Å². The Hall–Kier alpha value is -6.64. The van der Waals surface area contributed by atoms with E-state index in [1.807, 2.05) is 0 Å². The molecule has 0 heterocycles. The molecular formula is C61H58N2. The van der Waals surface area contributed by atoms with Crippen LogP contribution in [-0.2, 0) is 18.3 Å². The summed E-state index contributed by atoms with van der Waals surface area (Å²) in [6.07, 6.45) is 2.03. The second-order valence-electron chi connectivity index (χ2n) is 19.6. The van der Waals surface area contributed by atoms with Gasteiger partial charge in [-0.1, -0.05) is 152 Å². The van der Waals surface area contributed by atoms with Gasteiger partial charge in [0, 0.05) is 39.5 Å². The lowest BCUT2D eigenvalue weighted by atomic mass is 9.49. The number of hydrogen-bond acceptors (Lipinski definition) is 2. The maximum atomic E-state index is 2.57. The van der Waals surface area contributed by atoms with Crippen molar-refractivity contribution in [2.45, 2.75) is 73.6 Å². The summed E-state index contributed by atoms with van der Waals surface area (Å²) in [5.74, 6) is 0. The number of nitrogens with zero attached hydrogens (tertiary/aromatic N) is 2. The van der Waals surface area contributed by atoms with Crippen molar-refractivity contribution in [3.05, 3.63) is 204 Å². The van der Waals surface area contributed by atoms with Crippen LogP contribution in [0.3, 0.4) is 0 Å². The molecule has 0 unspecified atom stereocenters. The highest BCUT2D eigenvalue weighted by Gasteiger charge is 2.58. The maximum absolute atomic E-state index is 2.57. The van der Waals surface area contributed by atoms with Crippen LogP contribution in [0, 0.1) is 10.8 Å². The lowest BCUT2D eigenvalue weighted by Crippen LogP contribution is -2.50. The largest absolute Gasteiger partial charge is 0.310 e. The molecule has 0 saturated carbocycles. The summed E-state index contributed by atoms with van der Waals surface area (Å²) in [5.41, 5.74) is 14.6. The van der Waals surface area contributed by atoms with Gasteiger partial charge in [0.25, 0.3) is 0 Å². The molecule has 0 aliphatic heterocycles. The fourth-order valence-electron chi connectivity index (χ4n) is 11.6. The van der Waals surface area contributed by atoms with Crippen molar-refractivity contribution < 1.29 is 0 Å². The molecule has 1 aliphatic carbocycles. The van der Waals surface area contributed by atoms with Crippen LogP contribution in [0.5, 0.6) is 0 Å². The van der Waals surface area contributed by atoms with Gasteiger partial charge in [0.15, 0.2) is 0 Å². The van der Waals surface area contributed by atoms with E-state index >= 15 is 0 Å². The number of anilines is 6. The number of para-hydroxylation sites is 2. The van der Waals surface area contributed by atoms with E-state index in [1.54, 1.807) is 0 Å². The Morgan fingerprint density at radius 3 is 1.37 bits per heavy atom. The number of hydrogen-bond donors (Lipinski definition) is 0. The molecule has 0 N–H and O–H groups in total. The van der Waals surface area contributed by atoms with Crippen LogP contribution in [0.1, 0.15) is 77.6 Å². The summed E-state index contributed by atoms with van der Waals surface area (Å²) in [5, 5.41) is 7.73. The van der Waals surface area contributed by atoms with E-state index in [0.29, 0.717) is 0 Å². The molecule has 10 rings (SSSR count). The van der Waals surface area contributed by atoms with Crippen molar-refractivity contribution in [1.82, 2.24) is 0 Å². The summed E-state index contributed by atoms with van der Waals surface area (Å²) in [6, 6.07) is 68.3. The third-order valence-corrected chi connectivity index (χ3v) is 14.0. The summed E-state index contributed by atoms with van der Waals surface area (Å²) in [4.78, 5) is 4.81. The summed E-state index contributed by atoms with van der Waals surface area (Å²) in [6.45, 7) is 19.3. The quantitative estimate of drug-likeness (QED) is 0.141. The molecule has 0 aromatic heterocycles. The average Bonchev–Trinajstić information content (AvgIpc) is 3.62. The van der Waals surface area contributed by atoms with Crippen LogP contribution in [-0.4, -0.2) is 0 Å². The van der Waals surface area contributed by atoms with Crippen molar-refractivity contribution >= 4 is 66.4 Å². The Balaban J connectivity index is 1.24. The average molecular weight is 819 g/mol. The Labute approximate surface area is 374 Å². The van der Waals surface area contributed by atoms with Crippen LogP contribution in [0.25, 0.3) is 43.4 Å². The highest BCUT2D eigenvalue weighted by molar-refractivity contribution is 6.20. The zero-order chi connectivity index (χ0) is 43.7. The summed E-state index contributed by atoms with van der Waals surface area (Å²) in [7, 11) is 0. The van der Waals surface area contributed by atoms with Gasteiger partial charge in [-0.25, -0.2) is 0 Å². The molecule has 9 aromatic carbocycles. The van der Waals surface area contributed by atoms with Crippen molar-refractivity contribution in [3.8, 4) is 11.1 Å². The van der Waals surface area contributed by atoms with Crippen molar-refractivity contribution in [3.63, 3.8) is 0 Å². The Morgan fingerprint density at radius 2 is 0.841 bits per heavy atom. The first-order chi connectivity index (χ1) is 30.4. The number of rotatable bonds is 8. The van der Waals surface area contributed by atoms with Gasteiger partial charge in [-0.2, -0.15) is 0 Å². The van der Waals surface area contributed by atoms with Gasteiger partial charge < -0.3 is 9.80 Å². The minimum atomic E-state index is -0.344. The van der Waals surface area contributed by atoms with Gasteiger partial charge in [-0.3, -0.25) is 0 Å². The molecule has 312 valence electrons. The van der Waals surface area contributed by atoms with Gasteiger partial charge in [-0.15, -0.1) is 0 Å². The smallest absolute Gasteiger partial charge is 0.0468 e. The highest BCUT2D eigenvalue weighted by Crippen LogP contribution is 2.67. The first-order valence-corrected chi connectivity index (χ1v) is 22.9. The van der Waals surface area contributed by atoms with Crippen molar-refractivity contribution in [1.29, 1.82) is 0 Å². The van der Waals surface area contributed by atoms with Crippen LogP contribution in [0.4, 0.5) is 34.1 Å². The van der Waals surface area contributed by atoms with E-state index in [1.165, 1.54) is 65.7 Å². The second-order valence-corrected chi connectivity index (χ2v) is 19.6. The Bertz CT molecular complexity index is 3120. The van der Waals surface area contributed by atoms with Crippen LogP contribution in [0.2, 0.25) is 0 Å². The SMILES string of the molecule is CCc1ccc(N(c2ccccc2)c2ccc3cc4c(cc3c2)C(C(C)(C)C)(C(C)(C)C)c2c-4c3ccccc3c3cc(N(c4ccccc4)c4ccc(CC)cc4)ccc23)cc1. The molecule has 0 bridgehead atoms. The van der Waals surface area contributed by atoms with E-state index in [0.717, 1.165) is 47.0 Å². The number of fused-ring (bicyclic) bond motifs is 9. The molecule has 0 atom stereocenters. The summed E-state index contributed by atoms with van der Waals surface area (Å²) < 4.78 is 0. The van der Waals surface area contributed by atoms with E-state index in [2.05, 4.69) is 247 Å². The number of aryl methyl sites for hydroxylation is 2. The minimum absolute atomic E-state index is 0.154. The zero-order valence-corrected chi connectivity index (χ0v) is 38.1. The molecule has 0 saturated heterocycles. The third-order valence-electron chi connectivity index (χ3n) is 14.0. The molecule has 0 spiro atoms. The molecule has 0 radical (unpaired) electrons. The lowest BCUT2D eigenvalue weighted by Gasteiger charge is -2.53. The van der Waals surface area contributed by atoms with Gasteiger partial charge in [0.2, 0.25) is 0 Å². The van der Waals surface area contributed by atoms with Crippen LogP contribution < -0.4 is 9.80 Å². The summed E-state index contributed by atoms with van der Waals surface area (Å²) >= 11 is 0. The molecule has 0 fully saturated rings. The maximum Gasteiger partial charge on any atom is 0.0468 e. The highest BCUT2D eigenvalue weighted by atomic mass is 15.1. The van der Waals surface area contributed by atoms with Gasteiger partial charge in [0.1, 0.15) is 0 Å². The predicted octanol–water partition coefficient (Wildman–Crippen LogP) is 17.6. The van der Waals surface area contributed by atoms with E-state index in [9.17, 15) is 0 Å². The second kappa shape index (κ2) is 15.3. The first kappa shape index (κ1) is 40.4. The molecule has 9 aromatic rings. The third kappa shape index (κ3) is 6.45. The van der Waals surface area contributed by atoms with E-state index < -0.39 is 0 Å². The topological polar surface area (TPSA) is 6.48 Å². The lowest BCUT2D eigenvalue weighted by molar-refractivity contribution is 0.0965. The van der Waals surface area contributed by atoms with Crippen LogP contribution in [0.15, 0.2) is 182 Å². The molecule has 2 heteroatoms. The fraction of sp³-hybridized carbons (Fsp3) is 0.213. The molecular weight excluding hydrogens is 761 g/mol. The van der Waals surface area contributed by atoms with E-state index in [-0.39, 0.29) is 16.2 Å². The fourth-order valence-corrected chi connectivity index (χ4v) is 11.6. The van der Waals surface area contributed by atoms with Crippen molar-refractivity contribution in [2.24, 2.45) is 10.8 Å². The van der Waals surface area contributed by atoms with Gasteiger partial charge >= 0.3 is 0 Å². The van der Waals surface area contributed by atoms with Crippen LogP contribution >= 0.6 is 0 Å². The normalized spacial score (nSPS) is 13.3. The molecule has 2 nitrogen and oxygen atoms in total. The minimum Gasteiger partial charge on any atom is -0.310 e. The predicted molar refractivity (Wildman–Crippen MR) is 272 cm³/mol. The van der Waals surface area contributed by atoms with Crippen molar-refractivity contribution in [2.75, 3.05) is 9.80 Å². The Kier molecular flexibility index (Phi) is 9.83. The first-order valence-electron chi connectivity index (χ1n) is 22.9. The number of benzene rings is 9. The zero-order valence-electron chi connectivity index (χ0n) is 38.1. The van der Waals surface area contributed by atoms with Gasteiger partial charge in [0.05, 0.1) is 0 Å². The monoisotopic (exact) mass is 818 g/mol. The van der Waals surface area contributed by atoms with E-state index in [4.69, 9.17) is 0 Å². The molecule has 0 amide bonds.